The van der Waals surface area contributed by atoms with E-state index in [4.69, 9.17) is 5.11 Å². The molecule has 16 heavy (non-hydrogen) atoms. The molecular weight excluding hydrogens is 220 g/mol. The molecule has 86 valence electrons. The molecule has 0 bridgehead atoms. The summed E-state index contributed by atoms with van der Waals surface area (Å²) < 4.78 is 0. The summed E-state index contributed by atoms with van der Waals surface area (Å²) in [6.45, 7) is 0. The molecule has 0 aliphatic carbocycles. The second-order valence-electron chi connectivity index (χ2n) is 4.14. The van der Waals surface area contributed by atoms with Crippen molar-refractivity contribution in [2.24, 2.45) is 0 Å². The molecule has 1 aliphatic heterocycles. The molecule has 2 rings (SSSR count). The highest BCUT2D eigenvalue weighted by molar-refractivity contribution is 7.99. The van der Waals surface area contributed by atoms with Crippen LogP contribution < -0.4 is 0 Å². The van der Waals surface area contributed by atoms with Crippen molar-refractivity contribution >= 4 is 17.7 Å². The number of thioether (sulfide) groups is 1. The normalized spacial score (nSPS) is 14.5. The lowest BCUT2D eigenvalue weighted by Crippen LogP contribution is -2.00. The van der Waals surface area contributed by atoms with Crippen molar-refractivity contribution in [3.8, 4) is 0 Å². The molecule has 3 heteroatoms. The highest BCUT2D eigenvalue weighted by atomic mass is 32.2. The zero-order chi connectivity index (χ0) is 11.4. The molecular formula is C13H16O2S. The molecule has 2 nitrogen and oxygen atoms in total. The topological polar surface area (TPSA) is 37.3 Å². The number of aryl methyl sites for hydroxylation is 2. The van der Waals surface area contributed by atoms with Crippen molar-refractivity contribution < 1.29 is 9.90 Å². The van der Waals surface area contributed by atoms with Crippen molar-refractivity contribution in [2.75, 3.05) is 5.75 Å². The van der Waals surface area contributed by atoms with Gasteiger partial charge in [0.15, 0.2) is 0 Å². The fraction of sp³-hybridized carbons (Fsp3) is 0.462. The van der Waals surface area contributed by atoms with Crippen molar-refractivity contribution in [1.29, 1.82) is 0 Å². The zero-order valence-electron chi connectivity index (χ0n) is 9.24. The largest absolute Gasteiger partial charge is 0.481 e. The highest BCUT2D eigenvalue weighted by Gasteiger charge is 2.09. The maximum Gasteiger partial charge on any atom is 0.303 e. The second-order valence-corrected chi connectivity index (χ2v) is 5.28. The summed E-state index contributed by atoms with van der Waals surface area (Å²) in [4.78, 5) is 11.8. The molecule has 0 saturated heterocycles. The molecule has 0 saturated carbocycles. The molecule has 1 heterocycles. The summed E-state index contributed by atoms with van der Waals surface area (Å²) in [6.07, 6.45) is 4.32. The van der Waals surface area contributed by atoms with Gasteiger partial charge in [-0.25, -0.2) is 0 Å². The van der Waals surface area contributed by atoms with Crippen LogP contribution in [0.3, 0.4) is 0 Å². The number of carboxylic acid groups (broad SMARTS) is 1. The van der Waals surface area contributed by atoms with Crippen LogP contribution in [0.15, 0.2) is 23.1 Å². The van der Waals surface area contributed by atoms with Gasteiger partial charge in [-0.05, 0) is 48.6 Å². The Morgan fingerprint density at radius 2 is 2.31 bits per heavy atom. The van der Waals surface area contributed by atoms with E-state index >= 15 is 0 Å². The van der Waals surface area contributed by atoms with E-state index < -0.39 is 5.97 Å². The van der Waals surface area contributed by atoms with E-state index in [1.165, 1.54) is 34.6 Å². The van der Waals surface area contributed by atoms with Gasteiger partial charge in [-0.3, -0.25) is 4.79 Å². The molecule has 0 atom stereocenters. The number of hydrogen-bond acceptors (Lipinski definition) is 2. The average molecular weight is 236 g/mol. The molecule has 0 spiro atoms. The van der Waals surface area contributed by atoms with Crippen molar-refractivity contribution in [3.63, 3.8) is 0 Å². The number of carbonyl (C=O) groups is 1. The summed E-state index contributed by atoms with van der Waals surface area (Å²) in [5, 5.41) is 8.58. The molecule has 0 unspecified atom stereocenters. The predicted molar refractivity (Wildman–Crippen MR) is 66.1 cm³/mol. The Hall–Kier alpha value is -0.960. The summed E-state index contributed by atoms with van der Waals surface area (Å²) in [6, 6.07) is 6.58. The molecule has 0 radical (unpaired) electrons. The van der Waals surface area contributed by atoms with Gasteiger partial charge < -0.3 is 5.11 Å². The Bertz CT molecular complexity index is 388. The van der Waals surface area contributed by atoms with Gasteiger partial charge in [0.1, 0.15) is 0 Å². The monoisotopic (exact) mass is 236 g/mol. The van der Waals surface area contributed by atoms with Crippen molar-refractivity contribution in [3.05, 3.63) is 29.3 Å². The Labute approximate surface area is 100 Å². The number of carboxylic acids is 1. The SMILES string of the molecule is O=C(O)CCCc1ccc2c(c1)CCCS2. The molecule has 1 N–H and O–H groups in total. The molecule has 1 aromatic rings. The fourth-order valence-corrected chi connectivity index (χ4v) is 3.03. The standard InChI is InChI=1S/C13H16O2S/c14-13(15)5-1-3-10-6-7-12-11(9-10)4-2-8-16-12/h6-7,9H,1-5,8H2,(H,14,15). The third-order valence-electron chi connectivity index (χ3n) is 2.83. The van der Waals surface area contributed by atoms with E-state index in [0.717, 1.165) is 12.8 Å². The van der Waals surface area contributed by atoms with Crippen molar-refractivity contribution in [1.82, 2.24) is 0 Å². The number of hydrogen-bond donors (Lipinski definition) is 1. The fourth-order valence-electron chi connectivity index (χ4n) is 2.01. The van der Waals surface area contributed by atoms with E-state index in [0.29, 0.717) is 0 Å². The van der Waals surface area contributed by atoms with Gasteiger partial charge in [-0.15, -0.1) is 11.8 Å². The maximum absolute atomic E-state index is 10.4. The van der Waals surface area contributed by atoms with Gasteiger partial charge in [0.25, 0.3) is 0 Å². The minimum Gasteiger partial charge on any atom is -0.481 e. The molecule has 0 fully saturated rings. The maximum atomic E-state index is 10.4. The van der Waals surface area contributed by atoms with Gasteiger partial charge in [-0.1, -0.05) is 12.1 Å². The quantitative estimate of drug-likeness (QED) is 0.872. The second kappa shape index (κ2) is 5.39. The molecule has 1 aliphatic rings. The predicted octanol–water partition coefficient (Wildman–Crippen LogP) is 3.13. The Kier molecular flexibility index (Phi) is 3.88. The summed E-state index contributed by atoms with van der Waals surface area (Å²) in [5.41, 5.74) is 2.73. The Morgan fingerprint density at radius 3 is 3.12 bits per heavy atom. The number of rotatable bonds is 4. The first kappa shape index (κ1) is 11.5. The van der Waals surface area contributed by atoms with Crippen LogP contribution in [0.2, 0.25) is 0 Å². The Balaban J connectivity index is 1.97. The van der Waals surface area contributed by atoms with Crippen LogP contribution in [0, 0.1) is 0 Å². The third-order valence-corrected chi connectivity index (χ3v) is 4.03. The van der Waals surface area contributed by atoms with Crippen LogP contribution in [-0.4, -0.2) is 16.8 Å². The highest BCUT2D eigenvalue weighted by Crippen LogP contribution is 2.30. The van der Waals surface area contributed by atoms with E-state index in [2.05, 4.69) is 18.2 Å². The summed E-state index contributed by atoms with van der Waals surface area (Å²) in [7, 11) is 0. The molecule has 0 aromatic heterocycles. The first-order valence-corrected chi connectivity index (χ1v) is 6.70. The van der Waals surface area contributed by atoms with E-state index in [-0.39, 0.29) is 6.42 Å². The van der Waals surface area contributed by atoms with Gasteiger partial charge >= 0.3 is 5.97 Å². The van der Waals surface area contributed by atoms with E-state index in [9.17, 15) is 4.79 Å². The Morgan fingerprint density at radius 1 is 1.44 bits per heavy atom. The first-order chi connectivity index (χ1) is 7.75. The van der Waals surface area contributed by atoms with Gasteiger partial charge in [-0.2, -0.15) is 0 Å². The minimum atomic E-state index is -0.700. The average Bonchev–Trinajstić information content (AvgIpc) is 2.28. The van der Waals surface area contributed by atoms with Crippen LogP contribution in [0.1, 0.15) is 30.4 Å². The molecule has 1 aromatic carbocycles. The van der Waals surface area contributed by atoms with Gasteiger partial charge in [0.2, 0.25) is 0 Å². The van der Waals surface area contributed by atoms with Crippen molar-refractivity contribution in [2.45, 2.75) is 37.0 Å². The van der Waals surface area contributed by atoms with Gasteiger partial charge in [0, 0.05) is 11.3 Å². The van der Waals surface area contributed by atoms with Crippen LogP contribution in [0.4, 0.5) is 0 Å². The van der Waals surface area contributed by atoms with Crippen LogP contribution in [-0.2, 0) is 17.6 Å². The van der Waals surface area contributed by atoms with Crippen LogP contribution >= 0.6 is 11.8 Å². The van der Waals surface area contributed by atoms with Crippen LogP contribution in [0.5, 0.6) is 0 Å². The number of aliphatic carboxylic acids is 1. The lowest BCUT2D eigenvalue weighted by Gasteiger charge is -2.15. The minimum absolute atomic E-state index is 0.270. The molecule has 0 amide bonds. The third kappa shape index (κ3) is 3.01. The summed E-state index contributed by atoms with van der Waals surface area (Å²) in [5.74, 6) is 0.527. The lowest BCUT2D eigenvalue weighted by atomic mass is 10.0. The number of benzene rings is 1. The summed E-state index contributed by atoms with van der Waals surface area (Å²) >= 11 is 1.93. The number of fused-ring (bicyclic) bond motifs is 1. The smallest absolute Gasteiger partial charge is 0.303 e. The first-order valence-electron chi connectivity index (χ1n) is 5.72. The van der Waals surface area contributed by atoms with E-state index in [1.807, 2.05) is 11.8 Å². The van der Waals surface area contributed by atoms with Crippen LogP contribution in [0.25, 0.3) is 0 Å². The lowest BCUT2D eigenvalue weighted by molar-refractivity contribution is -0.137. The van der Waals surface area contributed by atoms with E-state index in [1.54, 1.807) is 0 Å². The zero-order valence-corrected chi connectivity index (χ0v) is 10.1. The van der Waals surface area contributed by atoms with Gasteiger partial charge in [0.05, 0.1) is 0 Å².